The third-order valence-corrected chi connectivity index (χ3v) is 4.24. The summed E-state index contributed by atoms with van der Waals surface area (Å²) in [6, 6.07) is -1.36. The maximum absolute atomic E-state index is 12.0. The summed E-state index contributed by atoms with van der Waals surface area (Å²) in [4.78, 5) is 24.6. The van der Waals surface area contributed by atoms with E-state index < -0.39 is 12.0 Å². The van der Waals surface area contributed by atoms with Crippen molar-refractivity contribution in [3.05, 3.63) is 0 Å². The van der Waals surface area contributed by atoms with Crippen molar-refractivity contribution in [3.8, 4) is 0 Å². The number of rotatable bonds is 6. The second-order valence-corrected chi connectivity index (χ2v) is 5.23. The van der Waals surface area contributed by atoms with Gasteiger partial charge in [0.15, 0.2) is 0 Å². The van der Waals surface area contributed by atoms with Crippen molar-refractivity contribution >= 4 is 12.0 Å². The molecule has 1 rings (SSSR count). The molecule has 1 heterocycles. The Kier molecular flexibility index (Phi) is 5.60. The molecule has 0 aliphatic carbocycles. The minimum atomic E-state index is -1.11. The van der Waals surface area contributed by atoms with Crippen molar-refractivity contribution in [2.75, 3.05) is 19.7 Å². The maximum Gasteiger partial charge on any atom is 0.326 e. The van der Waals surface area contributed by atoms with Crippen molar-refractivity contribution in [2.45, 2.75) is 45.6 Å². The Labute approximate surface area is 113 Å². The Morgan fingerprint density at radius 1 is 1.37 bits per heavy atom. The summed E-state index contributed by atoms with van der Waals surface area (Å²) in [6.07, 6.45) is 3.03. The Bertz CT molecular complexity index is 329. The van der Waals surface area contributed by atoms with Crippen LogP contribution in [0.2, 0.25) is 0 Å². The van der Waals surface area contributed by atoms with Gasteiger partial charge in [0, 0.05) is 26.1 Å². The molecule has 1 atom stereocenters. The molecular formula is C13H24N2O4. The molecule has 1 aliphatic heterocycles. The summed E-state index contributed by atoms with van der Waals surface area (Å²) in [5, 5.41) is 20.2. The number of hydrogen-bond acceptors (Lipinski definition) is 3. The lowest BCUT2D eigenvalue weighted by atomic mass is 9.82. The predicted octanol–water partition coefficient (Wildman–Crippen LogP) is 1.04. The smallest absolute Gasteiger partial charge is 0.326 e. The van der Waals surface area contributed by atoms with E-state index >= 15 is 0 Å². The van der Waals surface area contributed by atoms with Gasteiger partial charge in [-0.2, -0.15) is 0 Å². The Balaban J connectivity index is 2.57. The summed E-state index contributed by atoms with van der Waals surface area (Å²) in [7, 11) is 0. The van der Waals surface area contributed by atoms with E-state index in [9.17, 15) is 9.59 Å². The number of carboxylic acids is 1. The first-order chi connectivity index (χ1) is 8.98. The maximum atomic E-state index is 12.0. The molecule has 1 saturated heterocycles. The first-order valence-corrected chi connectivity index (χ1v) is 6.87. The minimum Gasteiger partial charge on any atom is -0.480 e. The summed E-state index contributed by atoms with van der Waals surface area (Å²) < 4.78 is 0. The zero-order valence-corrected chi connectivity index (χ0v) is 11.7. The molecule has 1 aliphatic rings. The lowest BCUT2D eigenvalue weighted by molar-refractivity contribution is -0.139. The van der Waals surface area contributed by atoms with Gasteiger partial charge in [-0.3, -0.25) is 0 Å². The standard InChI is InChI=1S/C13H24N2O4/c1-3-13(4-2)6-7-15(9-13)12(19)14-10(5-8-16)11(17)18/h10,16H,3-9H2,1-2H3,(H,14,19)(H,17,18)/t10-/m0/s1. The quantitative estimate of drug-likeness (QED) is 0.674. The first-order valence-electron chi connectivity index (χ1n) is 6.87. The van der Waals surface area contributed by atoms with E-state index in [4.69, 9.17) is 10.2 Å². The van der Waals surface area contributed by atoms with Gasteiger partial charge in [0.2, 0.25) is 0 Å². The van der Waals surface area contributed by atoms with Crippen LogP contribution in [0.3, 0.4) is 0 Å². The van der Waals surface area contributed by atoms with Crippen LogP contribution in [0.15, 0.2) is 0 Å². The third-order valence-electron chi connectivity index (χ3n) is 4.24. The molecule has 0 unspecified atom stereocenters. The highest BCUT2D eigenvalue weighted by atomic mass is 16.4. The van der Waals surface area contributed by atoms with E-state index in [-0.39, 0.29) is 24.5 Å². The number of urea groups is 1. The highest BCUT2D eigenvalue weighted by molar-refractivity contribution is 5.82. The van der Waals surface area contributed by atoms with E-state index in [2.05, 4.69) is 19.2 Å². The van der Waals surface area contributed by atoms with E-state index in [1.807, 2.05) is 0 Å². The van der Waals surface area contributed by atoms with Gasteiger partial charge >= 0.3 is 12.0 Å². The molecule has 110 valence electrons. The van der Waals surface area contributed by atoms with Crippen LogP contribution >= 0.6 is 0 Å². The molecule has 3 N–H and O–H groups in total. The second kappa shape index (κ2) is 6.75. The van der Waals surface area contributed by atoms with Gasteiger partial charge in [0.05, 0.1) is 0 Å². The predicted molar refractivity (Wildman–Crippen MR) is 70.9 cm³/mol. The molecule has 0 radical (unpaired) electrons. The fourth-order valence-corrected chi connectivity index (χ4v) is 2.56. The molecule has 19 heavy (non-hydrogen) atoms. The highest BCUT2D eigenvalue weighted by Crippen LogP contribution is 2.36. The summed E-state index contributed by atoms with van der Waals surface area (Å²) in [5.74, 6) is -1.11. The number of carbonyl (C=O) groups is 2. The SMILES string of the molecule is CCC1(CC)CCN(C(=O)N[C@@H](CCO)C(=O)O)C1. The molecular weight excluding hydrogens is 248 g/mol. The minimum absolute atomic E-state index is 0.0294. The molecule has 6 nitrogen and oxygen atoms in total. The van der Waals surface area contributed by atoms with Crippen LogP contribution in [-0.4, -0.2) is 52.9 Å². The number of nitrogens with zero attached hydrogens (tertiary/aromatic N) is 1. The number of aliphatic hydroxyl groups is 1. The topological polar surface area (TPSA) is 89.9 Å². The van der Waals surface area contributed by atoms with Gasteiger partial charge in [-0.05, 0) is 24.7 Å². The summed E-state index contributed by atoms with van der Waals surface area (Å²) >= 11 is 0. The number of aliphatic carboxylic acids is 1. The van der Waals surface area contributed by atoms with Crippen molar-refractivity contribution < 1.29 is 19.8 Å². The Morgan fingerprint density at radius 2 is 2.00 bits per heavy atom. The van der Waals surface area contributed by atoms with E-state index in [0.717, 1.165) is 19.3 Å². The monoisotopic (exact) mass is 272 g/mol. The molecule has 6 heteroatoms. The van der Waals surface area contributed by atoms with Crippen LogP contribution in [0.5, 0.6) is 0 Å². The molecule has 0 spiro atoms. The highest BCUT2D eigenvalue weighted by Gasteiger charge is 2.37. The van der Waals surface area contributed by atoms with Crippen LogP contribution in [-0.2, 0) is 4.79 Å². The molecule has 1 fully saturated rings. The van der Waals surface area contributed by atoms with Gasteiger partial charge < -0.3 is 20.4 Å². The number of nitrogens with one attached hydrogen (secondary N) is 1. The molecule has 0 aromatic rings. The van der Waals surface area contributed by atoms with Crippen molar-refractivity contribution in [2.24, 2.45) is 5.41 Å². The van der Waals surface area contributed by atoms with Gasteiger partial charge in [-0.15, -0.1) is 0 Å². The van der Waals surface area contributed by atoms with Gasteiger partial charge in [-0.1, -0.05) is 13.8 Å². The molecule has 0 bridgehead atoms. The molecule has 0 saturated carbocycles. The van der Waals surface area contributed by atoms with E-state index in [1.54, 1.807) is 4.90 Å². The number of carboxylic acid groups (broad SMARTS) is 1. The zero-order chi connectivity index (χ0) is 14.5. The van der Waals surface area contributed by atoms with E-state index in [0.29, 0.717) is 13.1 Å². The van der Waals surface area contributed by atoms with Crippen LogP contribution in [0.25, 0.3) is 0 Å². The lowest BCUT2D eigenvalue weighted by Crippen LogP contribution is -2.48. The molecule has 0 aromatic heterocycles. The zero-order valence-electron chi connectivity index (χ0n) is 11.7. The fraction of sp³-hybridized carbons (Fsp3) is 0.846. The second-order valence-electron chi connectivity index (χ2n) is 5.23. The van der Waals surface area contributed by atoms with Gasteiger partial charge in [0.1, 0.15) is 6.04 Å². The first kappa shape index (κ1) is 15.8. The van der Waals surface area contributed by atoms with Crippen LogP contribution in [0, 0.1) is 5.41 Å². The van der Waals surface area contributed by atoms with Gasteiger partial charge in [0.25, 0.3) is 0 Å². The molecule has 2 amide bonds. The fourth-order valence-electron chi connectivity index (χ4n) is 2.56. The Morgan fingerprint density at radius 3 is 2.42 bits per heavy atom. The van der Waals surface area contributed by atoms with Crippen molar-refractivity contribution in [3.63, 3.8) is 0 Å². The summed E-state index contributed by atoms with van der Waals surface area (Å²) in [5.41, 5.74) is 0.174. The Hall–Kier alpha value is -1.30. The average Bonchev–Trinajstić information content (AvgIpc) is 2.83. The normalized spacial score (nSPS) is 19.2. The van der Waals surface area contributed by atoms with Crippen molar-refractivity contribution in [1.82, 2.24) is 10.2 Å². The van der Waals surface area contributed by atoms with Crippen LogP contribution < -0.4 is 5.32 Å². The van der Waals surface area contributed by atoms with Crippen molar-refractivity contribution in [1.29, 1.82) is 0 Å². The number of carbonyl (C=O) groups excluding carboxylic acids is 1. The van der Waals surface area contributed by atoms with Crippen LogP contribution in [0.4, 0.5) is 4.79 Å². The summed E-state index contributed by atoms with van der Waals surface area (Å²) in [6.45, 7) is 5.33. The number of hydrogen-bond donors (Lipinski definition) is 3. The number of likely N-dealkylation sites (tertiary alicyclic amines) is 1. The number of aliphatic hydroxyl groups excluding tert-OH is 1. The third kappa shape index (κ3) is 3.83. The van der Waals surface area contributed by atoms with Crippen LogP contribution in [0.1, 0.15) is 39.5 Å². The van der Waals surface area contributed by atoms with Gasteiger partial charge in [-0.25, -0.2) is 9.59 Å². The van der Waals surface area contributed by atoms with E-state index in [1.165, 1.54) is 0 Å². The average molecular weight is 272 g/mol. The number of amides is 2. The largest absolute Gasteiger partial charge is 0.480 e. The molecule has 0 aromatic carbocycles. The lowest BCUT2D eigenvalue weighted by Gasteiger charge is -2.27.